The lowest BCUT2D eigenvalue weighted by molar-refractivity contribution is 0.573. The number of hydrogen-bond donors (Lipinski definition) is 1. The fourth-order valence-corrected chi connectivity index (χ4v) is 3.44. The third-order valence-electron chi connectivity index (χ3n) is 3.19. The summed E-state index contributed by atoms with van der Waals surface area (Å²) in [6, 6.07) is 8.31. The first-order valence-corrected chi connectivity index (χ1v) is 7.70. The molecule has 0 aliphatic rings. The minimum atomic E-state index is 0.205. The normalized spacial score (nSPS) is 12.4. The van der Waals surface area contributed by atoms with E-state index in [0.29, 0.717) is 4.77 Å². The Hall–Kier alpha value is -1.79. The first-order chi connectivity index (χ1) is 9.81. The zero-order chi connectivity index (χ0) is 13.9. The molecule has 0 bridgehead atoms. The quantitative estimate of drug-likeness (QED) is 0.739. The average molecular weight is 302 g/mol. The van der Waals surface area contributed by atoms with Crippen LogP contribution in [0.15, 0.2) is 42.0 Å². The van der Waals surface area contributed by atoms with E-state index in [-0.39, 0.29) is 6.04 Å². The molecule has 20 heavy (non-hydrogen) atoms. The van der Waals surface area contributed by atoms with Crippen LogP contribution in [0.3, 0.4) is 0 Å². The first kappa shape index (κ1) is 13.2. The molecule has 0 spiro atoms. The van der Waals surface area contributed by atoms with Gasteiger partial charge in [0, 0.05) is 22.8 Å². The van der Waals surface area contributed by atoms with Gasteiger partial charge >= 0.3 is 0 Å². The van der Waals surface area contributed by atoms with Crippen LogP contribution in [0.1, 0.15) is 24.3 Å². The Bertz CT molecular complexity index is 728. The van der Waals surface area contributed by atoms with Crippen LogP contribution < -0.4 is 0 Å². The highest BCUT2D eigenvalue weighted by Gasteiger charge is 2.19. The highest BCUT2D eigenvalue weighted by molar-refractivity contribution is 7.71. The van der Waals surface area contributed by atoms with E-state index in [0.717, 1.165) is 17.8 Å². The fraction of sp³-hybridized carbons (Fsp3) is 0.214. The van der Waals surface area contributed by atoms with E-state index in [1.54, 1.807) is 17.5 Å². The fourth-order valence-electron chi connectivity index (χ4n) is 2.28. The van der Waals surface area contributed by atoms with E-state index in [1.807, 2.05) is 18.3 Å². The smallest absolute Gasteiger partial charge is 0.196 e. The van der Waals surface area contributed by atoms with Crippen LogP contribution in [0.2, 0.25) is 0 Å². The predicted molar refractivity (Wildman–Crippen MR) is 83.4 cm³/mol. The summed E-state index contributed by atoms with van der Waals surface area (Å²) in [6.07, 6.45) is 4.52. The summed E-state index contributed by atoms with van der Waals surface area (Å²) in [4.78, 5) is 5.45. The van der Waals surface area contributed by atoms with Crippen molar-refractivity contribution in [1.82, 2.24) is 19.7 Å². The average Bonchev–Trinajstić information content (AvgIpc) is 3.12. The standard InChI is InChI=1S/C14H14N4S2/c1-2-11(12-6-4-8-20-12)18-13(16-17-14(18)19)10-5-3-7-15-9-10/h3-9,11H,2H2,1H3,(H,17,19). The molecule has 4 nitrogen and oxygen atoms in total. The van der Waals surface area contributed by atoms with Crippen molar-refractivity contribution < 1.29 is 0 Å². The summed E-state index contributed by atoms with van der Waals surface area (Å²) in [6.45, 7) is 2.16. The van der Waals surface area contributed by atoms with E-state index in [1.165, 1.54) is 4.88 Å². The third-order valence-corrected chi connectivity index (χ3v) is 4.46. The lowest BCUT2D eigenvalue weighted by atomic mass is 10.1. The summed E-state index contributed by atoms with van der Waals surface area (Å²) >= 11 is 7.16. The number of pyridine rings is 1. The SMILES string of the molecule is CCC(c1cccs1)n1c(-c2cccnc2)n[nH]c1=S. The lowest BCUT2D eigenvalue weighted by Crippen LogP contribution is -2.10. The van der Waals surface area contributed by atoms with Gasteiger partial charge in [0.2, 0.25) is 0 Å². The Morgan fingerprint density at radius 3 is 2.95 bits per heavy atom. The second-order valence-electron chi connectivity index (χ2n) is 4.40. The Morgan fingerprint density at radius 2 is 2.30 bits per heavy atom. The lowest BCUT2D eigenvalue weighted by Gasteiger charge is -2.17. The molecule has 1 N–H and O–H groups in total. The molecule has 3 heterocycles. The van der Waals surface area contributed by atoms with Crippen molar-refractivity contribution in [3.63, 3.8) is 0 Å². The van der Waals surface area contributed by atoms with Gasteiger partial charge in [-0.05, 0) is 42.2 Å². The summed E-state index contributed by atoms with van der Waals surface area (Å²) < 4.78 is 2.72. The second-order valence-corrected chi connectivity index (χ2v) is 5.77. The van der Waals surface area contributed by atoms with Gasteiger partial charge in [0.1, 0.15) is 0 Å². The zero-order valence-corrected chi connectivity index (χ0v) is 12.6. The van der Waals surface area contributed by atoms with Crippen LogP contribution in [0.5, 0.6) is 0 Å². The van der Waals surface area contributed by atoms with Crippen molar-refractivity contribution in [2.45, 2.75) is 19.4 Å². The van der Waals surface area contributed by atoms with Gasteiger partial charge in [0.15, 0.2) is 10.6 Å². The number of nitrogens with zero attached hydrogens (tertiary/aromatic N) is 3. The molecule has 0 fully saturated rings. The number of aromatic nitrogens is 4. The maximum Gasteiger partial charge on any atom is 0.196 e. The zero-order valence-electron chi connectivity index (χ0n) is 11.0. The number of thiophene rings is 1. The summed E-state index contributed by atoms with van der Waals surface area (Å²) in [5, 5.41) is 9.37. The molecule has 1 atom stereocenters. The van der Waals surface area contributed by atoms with Crippen molar-refractivity contribution in [1.29, 1.82) is 0 Å². The molecule has 0 aliphatic carbocycles. The van der Waals surface area contributed by atoms with Gasteiger partial charge in [0.05, 0.1) is 6.04 Å². The summed E-state index contributed by atoms with van der Waals surface area (Å²) in [7, 11) is 0. The van der Waals surface area contributed by atoms with E-state index in [2.05, 4.69) is 44.2 Å². The third kappa shape index (κ3) is 2.32. The molecule has 3 rings (SSSR count). The minimum Gasteiger partial charge on any atom is -0.292 e. The van der Waals surface area contributed by atoms with E-state index in [4.69, 9.17) is 12.2 Å². The van der Waals surface area contributed by atoms with Gasteiger partial charge in [0.25, 0.3) is 0 Å². The summed E-state index contributed by atoms with van der Waals surface area (Å²) in [5.74, 6) is 0.836. The topological polar surface area (TPSA) is 46.5 Å². The van der Waals surface area contributed by atoms with Gasteiger partial charge < -0.3 is 0 Å². The maximum absolute atomic E-state index is 5.42. The van der Waals surface area contributed by atoms with Crippen molar-refractivity contribution in [2.24, 2.45) is 0 Å². The van der Waals surface area contributed by atoms with Crippen molar-refractivity contribution in [2.75, 3.05) is 0 Å². The molecule has 6 heteroatoms. The number of aromatic amines is 1. The van der Waals surface area contributed by atoms with E-state index < -0.39 is 0 Å². The molecule has 0 saturated carbocycles. The Kier molecular flexibility index (Phi) is 3.75. The minimum absolute atomic E-state index is 0.205. The van der Waals surface area contributed by atoms with Crippen LogP contribution in [0, 0.1) is 4.77 Å². The highest BCUT2D eigenvalue weighted by Crippen LogP contribution is 2.30. The molecule has 3 aromatic heterocycles. The highest BCUT2D eigenvalue weighted by atomic mass is 32.1. The molecule has 1 unspecified atom stereocenters. The molecule has 0 saturated heterocycles. The molecule has 102 valence electrons. The largest absolute Gasteiger partial charge is 0.292 e. The van der Waals surface area contributed by atoms with Crippen molar-refractivity contribution in [3.05, 3.63) is 51.7 Å². The molecular formula is C14H14N4S2. The van der Waals surface area contributed by atoms with Crippen LogP contribution in [0.25, 0.3) is 11.4 Å². The summed E-state index contributed by atoms with van der Waals surface area (Å²) in [5.41, 5.74) is 0.967. The Labute approximate surface area is 126 Å². The molecule has 0 radical (unpaired) electrons. The molecule has 3 aromatic rings. The molecule has 0 aliphatic heterocycles. The first-order valence-electron chi connectivity index (χ1n) is 6.42. The molecule has 0 amide bonds. The molecular weight excluding hydrogens is 288 g/mol. The van der Waals surface area contributed by atoms with Crippen LogP contribution in [-0.2, 0) is 0 Å². The predicted octanol–water partition coefficient (Wildman–Crippen LogP) is 4.06. The van der Waals surface area contributed by atoms with Crippen LogP contribution in [0.4, 0.5) is 0 Å². The number of H-pyrrole nitrogens is 1. The van der Waals surface area contributed by atoms with Crippen molar-refractivity contribution in [3.8, 4) is 11.4 Å². The monoisotopic (exact) mass is 302 g/mol. The number of hydrogen-bond acceptors (Lipinski definition) is 4. The van der Waals surface area contributed by atoms with Gasteiger partial charge in [-0.1, -0.05) is 13.0 Å². The Balaban J connectivity index is 2.14. The van der Waals surface area contributed by atoms with E-state index >= 15 is 0 Å². The number of rotatable bonds is 4. The number of nitrogens with one attached hydrogen (secondary N) is 1. The van der Waals surface area contributed by atoms with Gasteiger partial charge in [-0.25, -0.2) is 0 Å². The second kappa shape index (κ2) is 5.68. The molecule has 0 aromatic carbocycles. The van der Waals surface area contributed by atoms with Gasteiger partial charge in [-0.15, -0.1) is 11.3 Å². The Morgan fingerprint density at radius 1 is 1.40 bits per heavy atom. The van der Waals surface area contributed by atoms with Crippen LogP contribution in [-0.4, -0.2) is 19.7 Å². The van der Waals surface area contributed by atoms with E-state index in [9.17, 15) is 0 Å². The van der Waals surface area contributed by atoms with Crippen LogP contribution >= 0.6 is 23.6 Å². The van der Waals surface area contributed by atoms with Crippen molar-refractivity contribution >= 4 is 23.6 Å². The van der Waals surface area contributed by atoms with Gasteiger partial charge in [-0.3, -0.25) is 14.6 Å². The maximum atomic E-state index is 5.42. The van der Waals surface area contributed by atoms with Gasteiger partial charge in [-0.2, -0.15) is 5.10 Å².